The molecule has 0 rings (SSSR count). The zero-order valence-corrected chi connectivity index (χ0v) is 10.7. The summed E-state index contributed by atoms with van der Waals surface area (Å²) in [6, 6.07) is 0. The summed E-state index contributed by atoms with van der Waals surface area (Å²) in [6.07, 6.45) is -6.04. The van der Waals surface area contributed by atoms with Crippen LogP contribution in [0.3, 0.4) is 0 Å². The van der Waals surface area contributed by atoms with Crippen molar-refractivity contribution in [3.05, 3.63) is 0 Å². The molecule has 0 bridgehead atoms. The molecule has 2 N–H and O–H groups in total. The van der Waals surface area contributed by atoms with Gasteiger partial charge in [0.2, 0.25) is 0 Å². The predicted octanol–water partition coefficient (Wildman–Crippen LogP) is 2.19. The number of aliphatic carboxylic acids is 1. The molecule has 0 radical (unpaired) electrons. The number of hydrogen-bond acceptors (Lipinski definition) is 2. The molecule has 0 fully saturated rings. The molecule has 112 valence electrons. The fourth-order valence-electron chi connectivity index (χ4n) is 0.915. The Morgan fingerprint density at radius 2 is 1.32 bits per heavy atom. The minimum atomic E-state index is -6.04. The first-order valence-corrected chi connectivity index (χ1v) is 5.08. The molecule has 0 atom stereocenters. The molecular formula is C10H14F5NO3. The topological polar surface area (TPSA) is 66.4 Å². The van der Waals surface area contributed by atoms with Crippen LogP contribution in [-0.2, 0) is 9.59 Å². The van der Waals surface area contributed by atoms with Crippen molar-refractivity contribution in [3.63, 3.8) is 0 Å². The van der Waals surface area contributed by atoms with Crippen LogP contribution >= 0.6 is 0 Å². The molecule has 0 aromatic carbocycles. The highest BCUT2D eigenvalue weighted by Gasteiger charge is 2.64. The van der Waals surface area contributed by atoms with Crippen molar-refractivity contribution < 1.29 is 36.6 Å². The van der Waals surface area contributed by atoms with Gasteiger partial charge in [-0.05, 0) is 27.7 Å². The fourth-order valence-corrected chi connectivity index (χ4v) is 0.915. The molecule has 0 heterocycles. The first-order chi connectivity index (χ1) is 8.07. The maximum absolute atomic E-state index is 12.8. The Morgan fingerprint density at radius 3 is 1.58 bits per heavy atom. The SMILES string of the molecule is CC(C)(NC(=O)C(F)(F)C(F)(F)F)C(C)(C)C(=O)O. The average molecular weight is 291 g/mol. The van der Waals surface area contributed by atoms with Crippen LogP contribution in [0.4, 0.5) is 22.0 Å². The molecule has 0 aliphatic rings. The van der Waals surface area contributed by atoms with Crippen molar-refractivity contribution in [2.24, 2.45) is 5.41 Å². The van der Waals surface area contributed by atoms with Crippen LogP contribution in [0.1, 0.15) is 27.7 Å². The number of carbonyl (C=O) groups is 2. The van der Waals surface area contributed by atoms with Crippen molar-refractivity contribution in [3.8, 4) is 0 Å². The fraction of sp³-hybridized carbons (Fsp3) is 0.800. The highest BCUT2D eigenvalue weighted by atomic mass is 19.4. The Bertz CT molecular complexity index is 387. The van der Waals surface area contributed by atoms with Crippen LogP contribution in [-0.4, -0.2) is 34.6 Å². The third kappa shape index (κ3) is 3.13. The number of carbonyl (C=O) groups excluding carboxylic acids is 1. The molecule has 9 heteroatoms. The highest BCUT2D eigenvalue weighted by molar-refractivity contribution is 5.86. The van der Waals surface area contributed by atoms with E-state index in [-0.39, 0.29) is 0 Å². The number of halogens is 5. The third-order valence-electron chi connectivity index (χ3n) is 3.16. The smallest absolute Gasteiger partial charge is 0.463 e. The van der Waals surface area contributed by atoms with Crippen molar-refractivity contribution in [1.29, 1.82) is 0 Å². The molecule has 0 saturated carbocycles. The van der Waals surface area contributed by atoms with E-state index in [4.69, 9.17) is 5.11 Å². The van der Waals surface area contributed by atoms with Crippen molar-refractivity contribution in [1.82, 2.24) is 5.32 Å². The van der Waals surface area contributed by atoms with Crippen LogP contribution < -0.4 is 5.32 Å². The van der Waals surface area contributed by atoms with Gasteiger partial charge in [0.25, 0.3) is 0 Å². The molecular weight excluding hydrogens is 277 g/mol. The number of nitrogens with one attached hydrogen (secondary N) is 1. The van der Waals surface area contributed by atoms with Crippen LogP contribution in [0.2, 0.25) is 0 Å². The zero-order valence-electron chi connectivity index (χ0n) is 10.7. The number of carboxylic acids is 1. The van der Waals surface area contributed by atoms with Crippen LogP contribution in [0.5, 0.6) is 0 Å². The van der Waals surface area contributed by atoms with Crippen LogP contribution in [0, 0.1) is 5.41 Å². The second-order valence-corrected chi connectivity index (χ2v) is 5.08. The van der Waals surface area contributed by atoms with Gasteiger partial charge in [0.1, 0.15) is 0 Å². The summed E-state index contributed by atoms with van der Waals surface area (Å²) in [5.74, 6) is -9.62. The maximum atomic E-state index is 12.8. The maximum Gasteiger partial charge on any atom is 0.463 e. The lowest BCUT2D eigenvalue weighted by Crippen LogP contribution is -2.62. The normalized spacial score (nSPS) is 14.2. The van der Waals surface area contributed by atoms with Gasteiger partial charge in [-0.15, -0.1) is 0 Å². The van der Waals surface area contributed by atoms with Gasteiger partial charge in [0, 0.05) is 0 Å². The van der Waals surface area contributed by atoms with Gasteiger partial charge < -0.3 is 10.4 Å². The third-order valence-corrected chi connectivity index (χ3v) is 3.16. The monoisotopic (exact) mass is 291 g/mol. The summed E-state index contributed by atoms with van der Waals surface area (Å²) in [5.41, 5.74) is -3.56. The minimum Gasteiger partial charge on any atom is -0.481 e. The number of rotatable bonds is 4. The Balaban J connectivity index is 5.28. The predicted molar refractivity (Wildman–Crippen MR) is 54.6 cm³/mol. The molecule has 0 aromatic rings. The molecule has 1 amide bonds. The molecule has 0 aromatic heterocycles. The van der Waals surface area contributed by atoms with Crippen LogP contribution in [0.25, 0.3) is 0 Å². The van der Waals surface area contributed by atoms with E-state index in [9.17, 15) is 31.5 Å². The standard InChI is InChI=1S/C10H14F5NO3/c1-7(2,6(18)19)8(3,4)16-5(17)9(11,12)10(13,14)15/h1-4H3,(H,16,17)(H,18,19). The largest absolute Gasteiger partial charge is 0.481 e. The Morgan fingerprint density at radius 1 is 0.947 bits per heavy atom. The van der Waals surface area contributed by atoms with E-state index in [0.717, 1.165) is 27.7 Å². The van der Waals surface area contributed by atoms with E-state index in [1.165, 1.54) is 5.32 Å². The lowest BCUT2D eigenvalue weighted by molar-refractivity contribution is -0.270. The molecule has 4 nitrogen and oxygen atoms in total. The summed E-state index contributed by atoms with van der Waals surface area (Å²) in [5, 5.41) is 10.3. The van der Waals surface area contributed by atoms with Crippen molar-refractivity contribution >= 4 is 11.9 Å². The van der Waals surface area contributed by atoms with E-state index in [1.54, 1.807) is 0 Å². The Labute approximate surface area is 106 Å². The minimum absolute atomic E-state index is 1.05. The number of carboxylic acid groups (broad SMARTS) is 1. The van der Waals surface area contributed by atoms with E-state index >= 15 is 0 Å². The summed E-state index contributed by atoms with van der Waals surface area (Å²) in [6.45, 7) is 4.29. The van der Waals surface area contributed by atoms with E-state index < -0.39 is 34.9 Å². The molecule has 0 saturated heterocycles. The van der Waals surface area contributed by atoms with E-state index in [2.05, 4.69) is 0 Å². The van der Waals surface area contributed by atoms with Crippen LogP contribution in [0.15, 0.2) is 0 Å². The highest BCUT2D eigenvalue weighted by Crippen LogP contribution is 2.37. The van der Waals surface area contributed by atoms with Gasteiger partial charge in [-0.3, -0.25) is 9.59 Å². The molecule has 0 unspecified atom stereocenters. The molecule has 19 heavy (non-hydrogen) atoms. The van der Waals surface area contributed by atoms with Gasteiger partial charge in [-0.2, -0.15) is 22.0 Å². The van der Waals surface area contributed by atoms with Crippen molar-refractivity contribution in [2.75, 3.05) is 0 Å². The van der Waals surface area contributed by atoms with Gasteiger partial charge in [-0.25, -0.2) is 0 Å². The van der Waals surface area contributed by atoms with Gasteiger partial charge in [0.15, 0.2) is 0 Å². The number of hydrogen-bond donors (Lipinski definition) is 2. The summed E-state index contributed by atoms with van der Waals surface area (Å²) < 4.78 is 61.5. The quantitative estimate of drug-likeness (QED) is 0.780. The number of amides is 1. The van der Waals surface area contributed by atoms with Gasteiger partial charge in [-0.1, -0.05) is 0 Å². The summed E-state index contributed by atoms with van der Waals surface area (Å²) in [7, 11) is 0. The average Bonchev–Trinajstić information content (AvgIpc) is 2.14. The van der Waals surface area contributed by atoms with Gasteiger partial charge in [0.05, 0.1) is 11.0 Å². The van der Waals surface area contributed by atoms with E-state index in [1.807, 2.05) is 0 Å². The first-order valence-electron chi connectivity index (χ1n) is 5.08. The molecule has 0 aliphatic carbocycles. The van der Waals surface area contributed by atoms with E-state index in [0.29, 0.717) is 0 Å². The zero-order chi connectivity index (χ0) is 15.9. The Kier molecular flexibility index (Phi) is 4.26. The second-order valence-electron chi connectivity index (χ2n) is 5.08. The Hall–Kier alpha value is -1.41. The molecule has 0 aliphatic heterocycles. The summed E-state index contributed by atoms with van der Waals surface area (Å²) in [4.78, 5) is 22.0. The van der Waals surface area contributed by atoms with Gasteiger partial charge >= 0.3 is 24.0 Å². The number of alkyl halides is 5. The summed E-state index contributed by atoms with van der Waals surface area (Å²) >= 11 is 0. The second kappa shape index (κ2) is 4.61. The van der Waals surface area contributed by atoms with Crippen molar-refractivity contribution in [2.45, 2.75) is 45.3 Å². The first kappa shape index (κ1) is 17.6. The lowest BCUT2D eigenvalue weighted by atomic mass is 9.74. The lowest BCUT2D eigenvalue weighted by Gasteiger charge is -2.39. The molecule has 0 spiro atoms.